The van der Waals surface area contributed by atoms with Gasteiger partial charge in [0.1, 0.15) is 6.10 Å². The highest BCUT2D eigenvalue weighted by Gasteiger charge is 2.21. The molecule has 0 aliphatic carbocycles. The molecule has 2 rings (SSSR count). The average Bonchev–Trinajstić information content (AvgIpc) is 2.73. The number of ketones is 1. The highest BCUT2D eigenvalue weighted by atomic mass is 19.1. The molecule has 0 aromatic heterocycles. The number of carbonyl (C=O) groups excluding carboxylic acids is 1. The van der Waals surface area contributed by atoms with E-state index in [1.807, 2.05) is 0 Å². The molecule has 0 spiro atoms. The number of rotatable bonds is 3. The zero-order valence-corrected chi connectivity index (χ0v) is 9.03. The molecule has 1 saturated heterocycles. The molecule has 1 unspecified atom stereocenters. The van der Waals surface area contributed by atoms with Gasteiger partial charge >= 0.3 is 0 Å². The Labute approximate surface area is 93.2 Å². The van der Waals surface area contributed by atoms with E-state index in [1.165, 1.54) is 19.1 Å². The molecular weight excluding hydrogens is 211 g/mol. The van der Waals surface area contributed by atoms with Gasteiger partial charge in [-0.3, -0.25) is 4.79 Å². The molecule has 86 valence electrons. The first-order valence-corrected chi connectivity index (χ1v) is 5.22. The van der Waals surface area contributed by atoms with Gasteiger partial charge in [0.05, 0.1) is 18.8 Å². The molecule has 1 atom stereocenters. The van der Waals surface area contributed by atoms with Crippen LogP contribution in [0.4, 0.5) is 4.39 Å². The molecule has 0 radical (unpaired) electrons. The fourth-order valence-corrected chi connectivity index (χ4v) is 1.68. The normalized spacial score (nSPS) is 19.8. The Morgan fingerprint density at radius 2 is 2.38 bits per heavy atom. The van der Waals surface area contributed by atoms with Gasteiger partial charge in [0.15, 0.2) is 17.3 Å². The molecule has 4 heteroatoms. The maximum atomic E-state index is 13.5. The minimum Gasteiger partial charge on any atom is -0.484 e. The fourth-order valence-electron chi connectivity index (χ4n) is 1.68. The van der Waals surface area contributed by atoms with Gasteiger partial charge in [-0.15, -0.1) is 0 Å². The lowest BCUT2D eigenvalue weighted by Crippen LogP contribution is -2.18. The van der Waals surface area contributed by atoms with Crippen molar-refractivity contribution in [2.24, 2.45) is 0 Å². The van der Waals surface area contributed by atoms with Crippen LogP contribution in [0.5, 0.6) is 5.75 Å². The first kappa shape index (κ1) is 11.1. The van der Waals surface area contributed by atoms with E-state index < -0.39 is 5.82 Å². The SMILES string of the molecule is CC(=O)c1cccc(F)c1OC1CCOC1. The van der Waals surface area contributed by atoms with Crippen LogP contribution in [0.3, 0.4) is 0 Å². The minimum absolute atomic E-state index is 0.0468. The van der Waals surface area contributed by atoms with Crippen molar-refractivity contribution in [1.82, 2.24) is 0 Å². The number of para-hydroxylation sites is 1. The lowest BCUT2D eigenvalue weighted by atomic mass is 10.1. The van der Waals surface area contributed by atoms with Crippen LogP contribution >= 0.6 is 0 Å². The Balaban J connectivity index is 2.26. The third-order valence-electron chi connectivity index (χ3n) is 2.52. The van der Waals surface area contributed by atoms with Crippen molar-refractivity contribution in [3.05, 3.63) is 29.6 Å². The Bertz CT molecular complexity index is 397. The number of hydrogen-bond acceptors (Lipinski definition) is 3. The highest BCUT2D eigenvalue weighted by molar-refractivity contribution is 5.96. The first-order chi connectivity index (χ1) is 7.68. The predicted octanol–water partition coefficient (Wildman–Crippen LogP) is 2.20. The van der Waals surface area contributed by atoms with Crippen LogP contribution < -0.4 is 4.74 Å². The van der Waals surface area contributed by atoms with E-state index in [-0.39, 0.29) is 23.2 Å². The molecule has 0 amide bonds. The summed E-state index contributed by atoms with van der Waals surface area (Å²) in [6.07, 6.45) is 0.570. The van der Waals surface area contributed by atoms with Crippen molar-refractivity contribution < 1.29 is 18.7 Å². The molecule has 1 fully saturated rings. The zero-order chi connectivity index (χ0) is 11.5. The Hall–Kier alpha value is -1.42. The van der Waals surface area contributed by atoms with Gasteiger partial charge in [0.2, 0.25) is 0 Å². The maximum absolute atomic E-state index is 13.5. The number of ether oxygens (including phenoxy) is 2. The summed E-state index contributed by atoms with van der Waals surface area (Å²) < 4.78 is 24.2. The van der Waals surface area contributed by atoms with Gasteiger partial charge in [-0.1, -0.05) is 6.07 Å². The van der Waals surface area contributed by atoms with Gasteiger partial charge in [-0.25, -0.2) is 4.39 Å². The van der Waals surface area contributed by atoms with Gasteiger partial charge in [-0.2, -0.15) is 0 Å². The zero-order valence-electron chi connectivity index (χ0n) is 9.03. The summed E-state index contributed by atoms with van der Waals surface area (Å²) in [5.74, 6) is -0.654. The van der Waals surface area contributed by atoms with Crippen LogP contribution in [-0.2, 0) is 4.74 Å². The highest BCUT2D eigenvalue weighted by Crippen LogP contribution is 2.25. The maximum Gasteiger partial charge on any atom is 0.166 e. The van der Waals surface area contributed by atoms with Crippen LogP contribution in [0, 0.1) is 5.82 Å². The van der Waals surface area contributed by atoms with Crippen LogP contribution in [-0.4, -0.2) is 25.1 Å². The third kappa shape index (κ3) is 2.22. The van der Waals surface area contributed by atoms with Gasteiger partial charge < -0.3 is 9.47 Å². The molecule has 16 heavy (non-hydrogen) atoms. The summed E-state index contributed by atoms with van der Waals surface area (Å²) in [6.45, 7) is 2.47. The number of carbonyl (C=O) groups is 1. The van der Waals surface area contributed by atoms with Crippen LogP contribution in [0.25, 0.3) is 0 Å². The smallest absolute Gasteiger partial charge is 0.166 e. The van der Waals surface area contributed by atoms with Crippen molar-refractivity contribution in [2.75, 3.05) is 13.2 Å². The second kappa shape index (κ2) is 4.61. The van der Waals surface area contributed by atoms with Crippen molar-refractivity contribution in [2.45, 2.75) is 19.4 Å². The molecule has 0 bridgehead atoms. The van der Waals surface area contributed by atoms with Gasteiger partial charge in [0, 0.05) is 6.42 Å². The lowest BCUT2D eigenvalue weighted by molar-refractivity contribution is 0.0999. The minimum atomic E-state index is -0.500. The average molecular weight is 224 g/mol. The molecule has 1 aliphatic heterocycles. The van der Waals surface area contributed by atoms with Crippen molar-refractivity contribution >= 4 is 5.78 Å². The third-order valence-corrected chi connectivity index (χ3v) is 2.52. The van der Waals surface area contributed by atoms with E-state index >= 15 is 0 Å². The van der Waals surface area contributed by atoms with Crippen molar-refractivity contribution in [3.8, 4) is 5.75 Å². The largest absolute Gasteiger partial charge is 0.484 e. The Morgan fingerprint density at radius 3 is 3.00 bits per heavy atom. The molecule has 0 N–H and O–H groups in total. The van der Waals surface area contributed by atoms with Gasteiger partial charge in [-0.05, 0) is 19.1 Å². The summed E-state index contributed by atoms with van der Waals surface area (Å²) in [4.78, 5) is 11.3. The van der Waals surface area contributed by atoms with E-state index in [9.17, 15) is 9.18 Å². The molecule has 1 aromatic carbocycles. The van der Waals surface area contributed by atoms with E-state index in [0.717, 1.165) is 6.42 Å². The van der Waals surface area contributed by atoms with Gasteiger partial charge in [0.25, 0.3) is 0 Å². The van der Waals surface area contributed by atoms with Crippen LogP contribution in [0.15, 0.2) is 18.2 Å². The Morgan fingerprint density at radius 1 is 1.56 bits per heavy atom. The summed E-state index contributed by atoms with van der Waals surface area (Å²) in [5, 5.41) is 0. The predicted molar refractivity (Wildman–Crippen MR) is 56.3 cm³/mol. The molecule has 3 nitrogen and oxygen atoms in total. The summed E-state index contributed by atoms with van der Waals surface area (Å²) in [7, 11) is 0. The second-order valence-electron chi connectivity index (χ2n) is 3.78. The summed E-state index contributed by atoms with van der Waals surface area (Å²) in [5.41, 5.74) is 0.284. The van der Waals surface area contributed by atoms with E-state index in [0.29, 0.717) is 13.2 Å². The molecule has 1 aromatic rings. The second-order valence-corrected chi connectivity index (χ2v) is 3.78. The van der Waals surface area contributed by atoms with Crippen molar-refractivity contribution in [3.63, 3.8) is 0 Å². The van der Waals surface area contributed by atoms with E-state index in [4.69, 9.17) is 9.47 Å². The molecular formula is C12H13FO3. The number of benzene rings is 1. The lowest BCUT2D eigenvalue weighted by Gasteiger charge is -2.14. The first-order valence-electron chi connectivity index (χ1n) is 5.22. The molecule has 0 saturated carbocycles. The standard InChI is InChI=1S/C12H13FO3/c1-8(14)10-3-2-4-11(13)12(10)16-9-5-6-15-7-9/h2-4,9H,5-7H2,1H3. The van der Waals surface area contributed by atoms with Crippen LogP contribution in [0.2, 0.25) is 0 Å². The summed E-state index contributed by atoms with van der Waals surface area (Å²) in [6, 6.07) is 4.36. The molecule has 1 heterocycles. The quantitative estimate of drug-likeness (QED) is 0.738. The topological polar surface area (TPSA) is 35.5 Å². The molecule has 1 aliphatic rings. The van der Waals surface area contributed by atoms with E-state index in [2.05, 4.69) is 0 Å². The number of halogens is 1. The fraction of sp³-hybridized carbons (Fsp3) is 0.417. The van der Waals surface area contributed by atoms with Crippen molar-refractivity contribution in [1.29, 1.82) is 0 Å². The summed E-state index contributed by atoms with van der Waals surface area (Å²) >= 11 is 0. The van der Waals surface area contributed by atoms with Crippen LogP contribution in [0.1, 0.15) is 23.7 Å². The number of hydrogen-bond donors (Lipinski definition) is 0. The van der Waals surface area contributed by atoms with E-state index in [1.54, 1.807) is 6.07 Å². The number of Topliss-reactive ketones (excluding diaryl/α,β-unsaturated/α-hetero) is 1. The monoisotopic (exact) mass is 224 g/mol. The Kier molecular flexibility index (Phi) is 3.19.